The number of aliphatic hydroxyl groups is 1. The van der Waals surface area contributed by atoms with Crippen LogP contribution in [0, 0.1) is 0 Å². The van der Waals surface area contributed by atoms with Gasteiger partial charge in [-0.1, -0.05) is 59.8 Å². The molecular weight excluding hydrogens is 307 g/mol. The molecule has 0 saturated heterocycles. The minimum Gasteiger partial charge on any atom is -0.480 e. The van der Waals surface area contributed by atoms with Crippen LogP contribution in [0.5, 0.6) is 0 Å². The Balaban J connectivity index is 3.02. The topological polar surface area (TPSA) is 57.5 Å². The van der Waals surface area contributed by atoms with Gasteiger partial charge in [0.05, 0.1) is 0 Å². The predicted molar refractivity (Wildman–Crippen MR) is 66.1 cm³/mol. The molecule has 1 aromatic carbocycles. The van der Waals surface area contributed by atoms with Crippen molar-refractivity contribution in [2.45, 2.75) is 22.9 Å². The molecule has 0 saturated carbocycles. The predicted octanol–water partition coefficient (Wildman–Crippen LogP) is 2.39. The van der Waals surface area contributed by atoms with Crippen molar-refractivity contribution in [1.82, 2.24) is 0 Å². The molecule has 15 heavy (non-hydrogen) atoms. The molecule has 0 fully saturated rings. The molecule has 0 spiro atoms. The zero-order valence-corrected chi connectivity index (χ0v) is 10.5. The van der Waals surface area contributed by atoms with E-state index in [0.717, 1.165) is 0 Å². The van der Waals surface area contributed by atoms with E-state index < -0.39 is 15.5 Å². The summed E-state index contributed by atoms with van der Waals surface area (Å²) < 4.78 is -1.15. The van der Waals surface area contributed by atoms with E-state index in [1.165, 1.54) is 0 Å². The summed E-state index contributed by atoms with van der Waals surface area (Å²) in [5.41, 5.74) is 0.635. The molecule has 2 atom stereocenters. The summed E-state index contributed by atoms with van der Waals surface area (Å²) >= 11 is 1.81. The second-order valence-corrected chi connectivity index (χ2v) is 5.26. The van der Waals surface area contributed by atoms with Crippen LogP contribution in [0.3, 0.4) is 0 Å². The monoisotopic (exact) mass is 320 g/mol. The van der Waals surface area contributed by atoms with Crippen molar-refractivity contribution in [1.29, 1.82) is 0 Å². The molecule has 1 rings (SSSR count). The number of alkyl halides is 1. The Kier molecular flexibility index (Phi) is 4.10. The first-order valence-electron chi connectivity index (χ1n) is 4.67. The van der Waals surface area contributed by atoms with Gasteiger partial charge in [-0.25, -0.2) is 0 Å². The molecule has 0 amide bonds. The van der Waals surface area contributed by atoms with E-state index in [1.54, 1.807) is 31.2 Å². The fourth-order valence-electron chi connectivity index (χ4n) is 1.36. The number of carbonyl (C=O) groups is 1. The number of hydrogen-bond acceptors (Lipinski definition) is 2. The molecule has 0 bridgehead atoms. The van der Waals surface area contributed by atoms with Gasteiger partial charge >= 0.3 is 5.97 Å². The highest BCUT2D eigenvalue weighted by molar-refractivity contribution is 14.1. The Bertz CT molecular complexity index is 339. The fourth-order valence-corrected chi connectivity index (χ4v) is 1.72. The zero-order valence-electron chi connectivity index (χ0n) is 8.35. The molecule has 0 radical (unpaired) electrons. The van der Waals surface area contributed by atoms with E-state index in [4.69, 9.17) is 5.11 Å². The van der Waals surface area contributed by atoms with Gasteiger partial charge in [-0.2, -0.15) is 0 Å². The van der Waals surface area contributed by atoms with E-state index in [2.05, 4.69) is 0 Å². The molecule has 0 aromatic heterocycles. The third kappa shape index (κ3) is 2.49. The van der Waals surface area contributed by atoms with Gasteiger partial charge in [0.2, 0.25) is 0 Å². The Labute approximate surface area is 102 Å². The number of halogens is 1. The molecule has 2 N–H and O–H groups in total. The average Bonchev–Trinajstić information content (AvgIpc) is 2.28. The smallest absolute Gasteiger partial charge is 0.322 e. The molecule has 3 nitrogen and oxygen atoms in total. The van der Waals surface area contributed by atoms with Crippen LogP contribution in [0.2, 0.25) is 0 Å². The maximum Gasteiger partial charge on any atom is 0.322 e. The Hall–Kier alpha value is -0.620. The van der Waals surface area contributed by atoms with Crippen LogP contribution in [-0.2, 0) is 4.79 Å². The van der Waals surface area contributed by atoms with Crippen molar-refractivity contribution in [3.63, 3.8) is 0 Å². The summed E-state index contributed by atoms with van der Waals surface area (Å²) in [6.07, 6.45) is -0.610. The van der Waals surface area contributed by atoms with Gasteiger partial charge in [-0.3, -0.25) is 4.79 Å². The van der Waals surface area contributed by atoms with E-state index >= 15 is 0 Å². The first-order chi connectivity index (χ1) is 7.02. The first kappa shape index (κ1) is 12.4. The van der Waals surface area contributed by atoms with Gasteiger partial charge in [-0.05, 0) is 12.0 Å². The van der Waals surface area contributed by atoms with Crippen molar-refractivity contribution in [2.24, 2.45) is 0 Å². The highest BCUT2D eigenvalue weighted by Gasteiger charge is 2.41. The number of aliphatic hydroxyl groups excluding tert-OH is 1. The van der Waals surface area contributed by atoms with Crippen LogP contribution >= 0.6 is 22.6 Å². The lowest BCUT2D eigenvalue weighted by Crippen LogP contribution is -2.37. The Morgan fingerprint density at radius 2 is 2.00 bits per heavy atom. The van der Waals surface area contributed by atoms with Crippen LogP contribution in [0.25, 0.3) is 0 Å². The number of rotatable bonds is 4. The van der Waals surface area contributed by atoms with Gasteiger partial charge in [0, 0.05) is 0 Å². The van der Waals surface area contributed by atoms with Crippen molar-refractivity contribution >= 4 is 28.6 Å². The van der Waals surface area contributed by atoms with Crippen LogP contribution < -0.4 is 0 Å². The van der Waals surface area contributed by atoms with Crippen molar-refractivity contribution in [2.75, 3.05) is 0 Å². The molecule has 1 aromatic rings. The van der Waals surface area contributed by atoms with Crippen LogP contribution in [0.1, 0.15) is 25.0 Å². The molecule has 0 aliphatic carbocycles. The molecule has 0 aliphatic rings. The Morgan fingerprint density at radius 3 is 2.40 bits per heavy atom. The van der Waals surface area contributed by atoms with Gasteiger partial charge in [-0.15, -0.1) is 0 Å². The van der Waals surface area contributed by atoms with E-state index in [-0.39, 0.29) is 0 Å². The summed E-state index contributed by atoms with van der Waals surface area (Å²) in [6, 6.07) is 8.87. The Morgan fingerprint density at radius 1 is 1.47 bits per heavy atom. The quantitative estimate of drug-likeness (QED) is 0.662. The molecule has 0 aliphatic heterocycles. The summed E-state index contributed by atoms with van der Waals surface area (Å²) in [5, 5.41) is 19.1. The lowest BCUT2D eigenvalue weighted by molar-refractivity contribution is -0.142. The van der Waals surface area contributed by atoms with E-state index in [0.29, 0.717) is 12.0 Å². The largest absolute Gasteiger partial charge is 0.480 e. The second-order valence-electron chi connectivity index (χ2n) is 3.33. The van der Waals surface area contributed by atoms with Crippen molar-refractivity contribution < 1.29 is 15.0 Å². The third-order valence-corrected chi connectivity index (χ3v) is 4.23. The molecule has 4 heteroatoms. The maximum atomic E-state index is 11.1. The fraction of sp³-hybridized carbons (Fsp3) is 0.364. The van der Waals surface area contributed by atoms with Gasteiger partial charge in [0.1, 0.15) is 9.53 Å². The SMILES string of the molecule is CC[C@](I)(C(=O)O)[C@H](O)c1ccccc1. The van der Waals surface area contributed by atoms with Gasteiger partial charge in [0.25, 0.3) is 0 Å². The lowest BCUT2D eigenvalue weighted by Gasteiger charge is -2.27. The standard InChI is InChI=1S/C11H13IO3/c1-2-11(12,10(14)15)9(13)8-6-4-3-5-7-8/h3-7,9,13H,2H2,1H3,(H,14,15)/t9-,11-/m1/s1. The minimum absolute atomic E-state index is 0.374. The lowest BCUT2D eigenvalue weighted by atomic mass is 9.93. The van der Waals surface area contributed by atoms with E-state index in [9.17, 15) is 9.90 Å². The normalized spacial score (nSPS) is 16.7. The van der Waals surface area contributed by atoms with Crippen LogP contribution in [0.15, 0.2) is 30.3 Å². The highest BCUT2D eigenvalue weighted by Crippen LogP contribution is 2.37. The van der Waals surface area contributed by atoms with Crippen molar-refractivity contribution in [3.05, 3.63) is 35.9 Å². The molecular formula is C11H13IO3. The maximum absolute atomic E-state index is 11.1. The molecule has 82 valence electrons. The summed E-state index contributed by atoms with van der Waals surface area (Å²) in [5.74, 6) is -0.984. The number of carboxylic acid groups (broad SMARTS) is 1. The third-order valence-electron chi connectivity index (χ3n) is 2.42. The number of hydrogen-bond donors (Lipinski definition) is 2. The number of aliphatic carboxylic acids is 1. The first-order valence-corrected chi connectivity index (χ1v) is 5.75. The average molecular weight is 320 g/mol. The molecule has 0 unspecified atom stereocenters. The summed E-state index contributed by atoms with van der Waals surface area (Å²) in [6.45, 7) is 1.76. The number of carboxylic acids is 1. The van der Waals surface area contributed by atoms with Gasteiger partial charge in [0.15, 0.2) is 0 Å². The number of benzene rings is 1. The van der Waals surface area contributed by atoms with Crippen LogP contribution in [-0.4, -0.2) is 19.6 Å². The van der Waals surface area contributed by atoms with Crippen molar-refractivity contribution in [3.8, 4) is 0 Å². The van der Waals surface area contributed by atoms with Gasteiger partial charge < -0.3 is 10.2 Å². The van der Waals surface area contributed by atoms with Crippen LogP contribution in [0.4, 0.5) is 0 Å². The van der Waals surface area contributed by atoms with E-state index in [1.807, 2.05) is 28.7 Å². The summed E-state index contributed by atoms with van der Waals surface area (Å²) in [4.78, 5) is 11.1. The molecule has 0 heterocycles. The summed E-state index contributed by atoms with van der Waals surface area (Å²) in [7, 11) is 0. The minimum atomic E-state index is -1.15. The second kappa shape index (κ2) is 4.94. The highest BCUT2D eigenvalue weighted by atomic mass is 127. The zero-order chi connectivity index (χ0) is 11.5.